The van der Waals surface area contributed by atoms with E-state index in [0.717, 1.165) is 21.3 Å². The Morgan fingerprint density at radius 3 is 2.27 bits per heavy atom. The molecular weight excluding hydrogens is 344 g/mol. The van der Waals surface area contributed by atoms with Gasteiger partial charge >= 0.3 is 0 Å². The predicted molar refractivity (Wildman–Crippen MR) is 89.7 cm³/mol. The van der Waals surface area contributed by atoms with E-state index >= 15 is 0 Å². The van der Waals surface area contributed by atoms with Gasteiger partial charge in [-0.15, -0.1) is 0 Å². The highest BCUT2D eigenvalue weighted by atomic mass is 79.9. The highest BCUT2D eigenvalue weighted by Gasteiger charge is 2.21. The molecular formula is C18H17BrO3. The Balaban J connectivity index is 2.20. The highest BCUT2D eigenvalue weighted by Crippen LogP contribution is 2.42. The smallest absolute Gasteiger partial charge is 0.266 e. The number of aryl methyl sites for hydroxylation is 2. The van der Waals surface area contributed by atoms with Crippen molar-refractivity contribution in [3.05, 3.63) is 64.0 Å². The van der Waals surface area contributed by atoms with E-state index < -0.39 is 6.29 Å². The predicted octanol–water partition coefficient (Wildman–Crippen LogP) is 5.26. The van der Waals surface area contributed by atoms with Gasteiger partial charge in [-0.3, -0.25) is 0 Å². The van der Waals surface area contributed by atoms with Gasteiger partial charge in [0.05, 0.1) is 11.6 Å². The Kier molecular flexibility index (Phi) is 4.12. The van der Waals surface area contributed by atoms with Gasteiger partial charge in [0.1, 0.15) is 18.3 Å². The van der Waals surface area contributed by atoms with Crippen molar-refractivity contribution in [1.82, 2.24) is 0 Å². The molecule has 3 nitrogen and oxygen atoms in total. The summed E-state index contributed by atoms with van der Waals surface area (Å²) in [6.07, 6.45) is 2.70. The van der Waals surface area contributed by atoms with Crippen LogP contribution in [-0.4, -0.2) is 7.11 Å². The van der Waals surface area contributed by atoms with Crippen molar-refractivity contribution < 1.29 is 14.2 Å². The van der Waals surface area contributed by atoms with Crippen LogP contribution >= 0.6 is 15.9 Å². The minimum Gasteiger partial charge on any atom is -0.495 e. The SMILES string of the molecule is COc1c(Br)cc(C2OC=CO2)cc1-c1c(C)cccc1C. The van der Waals surface area contributed by atoms with Crippen LogP contribution in [0.15, 0.2) is 47.3 Å². The Labute approximate surface area is 138 Å². The molecule has 1 aliphatic heterocycles. The van der Waals surface area contributed by atoms with Gasteiger partial charge in [0.2, 0.25) is 0 Å². The van der Waals surface area contributed by atoms with E-state index in [1.54, 1.807) is 19.6 Å². The standard InChI is InChI=1S/C18H17BrO3/c1-11-5-4-6-12(2)16(11)14-9-13(18-21-7-8-22-18)10-15(19)17(14)20-3/h4-10,18H,1-3H3. The summed E-state index contributed by atoms with van der Waals surface area (Å²) < 4.78 is 17.4. The van der Waals surface area contributed by atoms with Crippen LogP contribution in [0.1, 0.15) is 23.0 Å². The van der Waals surface area contributed by atoms with Gasteiger partial charge < -0.3 is 14.2 Å². The van der Waals surface area contributed by atoms with Gasteiger partial charge in [0.25, 0.3) is 6.29 Å². The van der Waals surface area contributed by atoms with Crippen molar-refractivity contribution >= 4 is 15.9 Å². The minimum atomic E-state index is -0.412. The van der Waals surface area contributed by atoms with Crippen molar-refractivity contribution in [3.8, 4) is 16.9 Å². The average molecular weight is 361 g/mol. The molecule has 2 aromatic rings. The normalized spacial score (nSPS) is 13.8. The van der Waals surface area contributed by atoms with Crippen LogP contribution < -0.4 is 4.74 Å². The lowest BCUT2D eigenvalue weighted by Gasteiger charge is -2.18. The van der Waals surface area contributed by atoms with E-state index in [2.05, 4.69) is 54.0 Å². The summed E-state index contributed by atoms with van der Waals surface area (Å²) in [5, 5.41) is 0. The number of hydrogen-bond donors (Lipinski definition) is 0. The molecule has 1 heterocycles. The van der Waals surface area contributed by atoms with E-state index in [9.17, 15) is 0 Å². The molecule has 0 aromatic heterocycles. The van der Waals surface area contributed by atoms with Gasteiger partial charge in [0, 0.05) is 11.1 Å². The summed E-state index contributed by atoms with van der Waals surface area (Å²) in [7, 11) is 1.68. The molecule has 0 N–H and O–H groups in total. The lowest BCUT2D eigenvalue weighted by Crippen LogP contribution is -2.01. The first-order chi connectivity index (χ1) is 10.6. The first-order valence-corrected chi connectivity index (χ1v) is 7.81. The topological polar surface area (TPSA) is 27.7 Å². The molecule has 0 spiro atoms. The summed E-state index contributed by atoms with van der Waals surface area (Å²) in [5.41, 5.74) is 5.55. The molecule has 22 heavy (non-hydrogen) atoms. The fourth-order valence-electron chi connectivity index (χ4n) is 2.78. The van der Waals surface area contributed by atoms with Gasteiger partial charge in [-0.1, -0.05) is 18.2 Å². The maximum absolute atomic E-state index is 5.61. The van der Waals surface area contributed by atoms with Crippen molar-refractivity contribution in [1.29, 1.82) is 0 Å². The maximum atomic E-state index is 5.61. The summed E-state index contributed by atoms with van der Waals surface area (Å²) >= 11 is 3.60. The third kappa shape index (κ3) is 2.59. The summed E-state index contributed by atoms with van der Waals surface area (Å²) in [6, 6.07) is 10.3. The molecule has 2 aromatic carbocycles. The molecule has 0 unspecified atom stereocenters. The van der Waals surface area contributed by atoms with E-state index in [4.69, 9.17) is 14.2 Å². The Bertz CT molecular complexity index is 709. The summed E-state index contributed by atoms with van der Waals surface area (Å²) in [5.74, 6) is 0.812. The number of halogens is 1. The minimum absolute atomic E-state index is 0.412. The van der Waals surface area contributed by atoms with Gasteiger partial charge in [-0.05, 0) is 58.6 Å². The van der Waals surface area contributed by atoms with E-state index in [-0.39, 0.29) is 0 Å². The molecule has 0 aliphatic carbocycles. The van der Waals surface area contributed by atoms with Crippen LogP contribution in [0.3, 0.4) is 0 Å². The molecule has 4 heteroatoms. The Morgan fingerprint density at radius 1 is 1.05 bits per heavy atom. The van der Waals surface area contributed by atoms with Crippen molar-refractivity contribution in [2.75, 3.05) is 7.11 Å². The van der Waals surface area contributed by atoms with Gasteiger partial charge in [0.15, 0.2) is 0 Å². The van der Waals surface area contributed by atoms with Crippen molar-refractivity contribution in [2.45, 2.75) is 20.1 Å². The monoisotopic (exact) mass is 360 g/mol. The fraction of sp³-hybridized carbons (Fsp3) is 0.222. The summed E-state index contributed by atoms with van der Waals surface area (Å²) in [4.78, 5) is 0. The Morgan fingerprint density at radius 2 is 1.68 bits per heavy atom. The lowest BCUT2D eigenvalue weighted by molar-refractivity contribution is -0.0246. The molecule has 0 fully saturated rings. The lowest BCUT2D eigenvalue weighted by atomic mass is 9.93. The van der Waals surface area contributed by atoms with Gasteiger partial charge in [-0.25, -0.2) is 0 Å². The highest BCUT2D eigenvalue weighted by molar-refractivity contribution is 9.10. The quantitative estimate of drug-likeness (QED) is 0.747. The van der Waals surface area contributed by atoms with Crippen molar-refractivity contribution in [3.63, 3.8) is 0 Å². The second-order valence-corrected chi connectivity index (χ2v) is 6.08. The molecule has 0 amide bonds. The molecule has 0 radical (unpaired) electrons. The average Bonchev–Trinajstić information content (AvgIpc) is 3.01. The van der Waals surface area contributed by atoms with Crippen LogP contribution in [0.25, 0.3) is 11.1 Å². The van der Waals surface area contributed by atoms with Crippen LogP contribution in [0.2, 0.25) is 0 Å². The number of rotatable bonds is 3. The molecule has 0 atom stereocenters. The molecule has 0 saturated heterocycles. The van der Waals surface area contributed by atoms with E-state index in [1.165, 1.54) is 16.7 Å². The fourth-order valence-corrected chi connectivity index (χ4v) is 3.42. The van der Waals surface area contributed by atoms with E-state index in [0.29, 0.717) is 0 Å². The molecule has 0 saturated carbocycles. The maximum Gasteiger partial charge on any atom is 0.266 e. The zero-order chi connectivity index (χ0) is 15.7. The zero-order valence-corrected chi connectivity index (χ0v) is 14.3. The number of ether oxygens (including phenoxy) is 3. The summed E-state index contributed by atoms with van der Waals surface area (Å²) in [6.45, 7) is 4.21. The van der Waals surface area contributed by atoms with Crippen LogP contribution in [0.5, 0.6) is 5.75 Å². The second kappa shape index (κ2) is 6.05. The largest absolute Gasteiger partial charge is 0.495 e. The first-order valence-electron chi connectivity index (χ1n) is 7.01. The molecule has 3 rings (SSSR count). The van der Waals surface area contributed by atoms with Crippen LogP contribution in [0.4, 0.5) is 0 Å². The first kappa shape index (κ1) is 15.0. The molecule has 1 aliphatic rings. The van der Waals surface area contributed by atoms with Crippen molar-refractivity contribution in [2.24, 2.45) is 0 Å². The second-order valence-electron chi connectivity index (χ2n) is 5.23. The number of benzene rings is 2. The van der Waals surface area contributed by atoms with Crippen LogP contribution in [-0.2, 0) is 9.47 Å². The Hall–Kier alpha value is -1.94. The number of hydrogen-bond acceptors (Lipinski definition) is 3. The molecule has 0 bridgehead atoms. The zero-order valence-electron chi connectivity index (χ0n) is 12.7. The molecule has 114 valence electrons. The van der Waals surface area contributed by atoms with Crippen LogP contribution in [0, 0.1) is 13.8 Å². The number of methoxy groups -OCH3 is 1. The third-order valence-corrected chi connectivity index (χ3v) is 4.34. The third-order valence-electron chi connectivity index (χ3n) is 3.75. The van der Waals surface area contributed by atoms with Gasteiger partial charge in [-0.2, -0.15) is 0 Å². The van der Waals surface area contributed by atoms with E-state index in [1.807, 2.05) is 6.07 Å².